The quantitative estimate of drug-likeness (QED) is 0.414. The summed E-state index contributed by atoms with van der Waals surface area (Å²) in [4.78, 5) is 24.5. The maximum atomic E-state index is 12.4. The van der Waals surface area contributed by atoms with Gasteiger partial charge in [0.2, 0.25) is 5.91 Å². The van der Waals surface area contributed by atoms with E-state index in [0.717, 1.165) is 54.8 Å². The Labute approximate surface area is 192 Å². The van der Waals surface area contributed by atoms with E-state index >= 15 is 0 Å². The number of piperidine rings is 1. The molecule has 1 aromatic carbocycles. The molecule has 170 valence electrons. The second-order valence-electron chi connectivity index (χ2n) is 8.56. The van der Waals surface area contributed by atoms with Crippen molar-refractivity contribution in [1.82, 2.24) is 29.8 Å². The molecule has 0 unspecified atom stereocenters. The molecule has 9 heteroatoms. The van der Waals surface area contributed by atoms with Gasteiger partial charge in [-0.15, -0.1) is 5.10 Å². The molecule has 2 aromatic heterocycles. The van der Waals surface area contributed by atoms with Crippen LogP contribution in [0.25, 0.3) is 16.6 Å². The zero-order valence-electron chi connectivity index (χ0n) is 18.3. The Hall–Kier alpha value is -2.23. The first-order chi connectivity index (χ1) is 15.8. The third-order valence-corrected chi connectivity index (χ3v) is 7.11. The molecule has 0 aliphatic carbocycles. The van der Waals surface area contributed by atoms with E-state index in [0.29, 0.717) is 11.7 Å². The highest BCUT2D eigenvalue weighted by Gasteiger charge is 2.18. The summed E-state index contributed by atoms with van der Waals surface area (Å²) in [6.45, 7) is 4.68. The minimum atomic E-state index is -0.0148. The Bertz CT molecular complexity index is 1070. The van der Waals surface area contributed by atoms with Gasteiger partial charge in [-0.3, -0.25) is 4.79 Å². The summed E-state index contributed by atoms with van der Waals surface area (Å²) in [5.41, 5.74) is 1.68. The molecule has 0 bridgehead atoms. The van der Waals surface area contributed by atoms with Crippen LogP contribution in [-0.2, 0) is 16.0 Å². The number of rotatable bonds is 8. The first-order valence-electron chi connectivity index (χ1n) is 11.6. The van der Waals surface area contributed by atoms with Crippen LogP contribution in [0.3, 0.4) is 0 Å². The molecule has 2 aliphatic rings. The third-order valence-electron chi connectivity index (χ3n) is 6.18. The van der Waals surface area contributed by atoms with E-state index in [2.05, 4.69) is 10.2 Å². The maximum Gasteiger partial charge on any atom is 0.230 e. The van der Waals surface area contributed by atoms with Gasteiger partial charge < -0.3 is 15.0 Å². The smallest absolute Gasteiger partial charge is 0.230 e. The van der Waals surface area contributed by atoms with Crippen molar-refractivity contribution in [2.24, 2.45) is 0 Å². The molecule has 0 spiro atoms. The minimum Gasteiger partial charge on any atom is -0.376 e. The van der Waals surface area contributed by atoms with Crippen molar-refractivity contribution in [1.29, 1.82) is 0 Å². The number of aromatic nitrogens is 4. The zero-order chi connectivity index (χ0) is 21.8. The number of thioether (sulfide) groups is 1. The number of carbonyl (C=O) groups is 1. The van der Waals surface area contributed by atoms with Crippen LogP contribution >= 0.6 is 11.8 Å². The molecule has 2 saturated heterocycles. The highest BCUT2D eigenvalue weighted by molar-refractivity contribution is 7.99. The standard InChI is InChI=1S/C23H30N6O2S/c30-21(24-15-17-7-6-14-31-17)16-32-23-25-19-9-3-2-8-18(19)22-26-20(27-29(22)23)10-13-28-11-4-1-5-12-28/h2-3,8-9,17H,1,4-7,10-16H2,(H,24,30)/t17-/m1/s1. The average molecular weight is 455 g/mol. The molecular weight excluding hydrogens is 424 g/mol. The molecule has 1 N–H and O–H groups in total. The normalized spacial score (nSPS) is 19.7. The Morgan fingerprint density at radius 1 is 1.16 bits per heavy atom. The maximum absolute atomic E-state index is 12.4. The van der Waals surface area contributed by atoms with Gasteiger partial charge in [0.05, 0.1) is 17.4 Å². The van der Waals surface area contributed by atoms with E-state index in [1.165, 1.54) is 44.1 Å². The Morgan fingerprint density at radius 3 is 2.88 bits per heavy atom. The number of nitrogens with zero attached hydrogens (tertiary/aromatic N) is 5. The summed E-state index contributed by atoms with van der Waals surface area (Å²) in [6.07, 6.45) is 6.95. The lowest BCUT2D eigenvalue weighted by molar-refractivity contribution is -0.119. The fourth-order valence-electron chi connectivity index (χ4n) is 4.43. The fourth-order valence-corrected chi connectivity index (χ4v) is 5.20. The molecule has 0 radical (unpaired) electrons. The second-order valence-corrected chi connectivity index (χ2v) is 9.50. The summed E-state index contributed by atoms with van der Waals surface area (Å²) in [7, 11) is 0. The molecule has 32 heavy (non-hydrogen) atoms. The molecule has 8 nitrogen and oxygen atoms in total. The highest BCUT2D eigenvalue weighted by Crippen LogP contribution is 2.24. The van der Waals surface area contributed by atoms with Crippen molar-refractivity contribution < 1.29 is 9.53 Å². The molecule has 1 atom stereocenters. The highest BCUT2D eigenvalue weighted by atomic mass is 32.2. The van der Waals surface area contributed by atoms with Gasteiger partial charge in [0.25, 0.3) is 0 Å². The van der Waals surface area contributed by atoms with Crippen LogP contribution in [0.4, 0.5) is 0 Å². The SMILES string of the molecule is O=C(CSc1nc2ccccc2c2nc(CCN3CCCCC3)nn12)NC[C@H]1CCCO1. The van der Waals surface area contributed by atoms with Gasteiger partial charge in [-0.2, -0.15) is 4.52 Å². The van der Waals surface area contributed by atoms with Crippen molar-refractivity contribution in [3.8, 4) is 0 Å². The van der Waals surface area contributed by atoms with Crippen LogP contribution in [0.5, 0.6) is 0 Å². The number of hydrogen-bond acceptors (Lipinski definition) is 7. The number of para-hydroxylation sites is 1. The van der Waals surface area contributed by atoms with Crippen molar-refractivity contribution in [2.75, 3.05) is 38.5 Å². The zero-order valence-corrected chi connectivity index (χ0v) is 19.1. The molecule has 0 saturated carbocycles. The van der Waals surface area contributed by atoms with Gasteiger partial charge >= 0.3 is 0 Å². The van der Waals surface area contributed by atoms with Crippen molar-refractivity contribution in [2.45, 2.75) is 49.8 Å². The van der Waals surface area contributed by atoms with Crippen molar-refractivity contribution in [3.05, 3.63) is 30.1 Å². The van der Waals surface area contributed by atoms with Gasteiger partial charge in [-0.1, -0.05) is 30.3 Å². The van der Waals surface area contributed by atoms with E-state index in [9.17, 15) is 4.79 Å². The monoisotopic (exact) mass is 454 g/mol. The lowest BCUT2D eigenvalue weighted by Crippen LogP contribution is -2.33. The third kappa shape index (κ3) is 5.05. The molecule has 5 rings (SSSR count). The van der Waals surface area contributed by atoms with Gasteiger partial charge in [-0.25, -0.2) is 9.97 Å². The van der Waals surface area contributed by atoms with Crippen molar-refractivity contribution >= 4 is 34.2 Å². The Morgan fingerprint density at radius 2 is 2.03 bits per heavy atom. The van der Waals surface area contributed by atoms with Crippen LogP contribution in [-0.4, -0.2) is 75.0 Å². The van der Waals surface area contributed by atoms with Gasteiger partial charge in [0, 0.05) is 31.5 Å². The molecule has 3 aromatic rings. The molecule has 2 aliphatic heterocycles. The number of fused-ring (bicyclic) bond motifs is 3. The fraction of sp³-hybridized carbons (Fsp3) is 0.565. The average Bonchev–Trinajstić information content (AvgIpc) is 3.51. The van der Waals surface area contributed by atoms with Crippen LogP contribution in [0.2, 0.25) is 0 Å². The van der Waals surface area contributed by atoms with E-state index in [4.69, 9.17) is 19.8 Å². The predicted molar refractivity (Wildman–Crippen MR) is 125 cm³/mol. The van der Waals surface area contributed by atoms with Gasteiger partial charge in [-0.05, 0) is 50.9 Å². The summed E-state index contributed by atoms with van der Waals surface area (Å²) < 4.78 is 7.39. The number of benzene rings is 1. The van der Waals surface area contributed by atoms with E-state index in [1.807, 2.05) is 28.8 Å². The van der Waals surface area contributed by atoms with Crippen LogP contribution < -0.4 is 5.32 Å². The topological polar surface area (TPSA) is 84.7 Å². The number of amides is 1. The summed E-state index contributed by atoms with van der Waals surface area (Å²) in [6, 6.07) is 7.99. The Balaban J connectivity index is 1.31. The van der Waals surface area contributed by atoms with Gasteiger partial charge in [0.15, 0.2) is 16.6 Å². The summed E-state index contributed by atoms with van der Waals surface area (Å²) >= 11 is 1.40. The summed E-state index contributed by atoms with van der Waals surface area (Å²) in [5, 5.41) is 9.44. The van der Waals surface area contributed by atoms with Crippen LogP contribution in [0, 0.1) is 0 Å². The summed E-state index contributed by atoms with van der Waals surface area (Å²) in [5.74, 6) is 1.10. The largest absolute Gasteiger partial charge is 0.376 e. The number of ether oxygens (including phenoxy) is 1. The predicted octanol–water partition coefficient (Wildman–Crippen LogP) is 2.69. The van der Waals surface area contributed by atoms with Crippen LogP contribution in [0.15, 0.2) is 29.4 Å². The van der Waals surface area contributed by atoms with E-state index < -0.39 is 0 Å². The lowest BCUT2D eigenvalue weighted by Gasteiger charge is -2.25. The Kier molecular flexibility index (Phi) is 6.85. The molecule has 2 fully saturated rings. The number of carbonyl (C=O) groups excluding carboxylic acids is 1. The number of nitrogens with one attached hydrogen (secondary N) is 1. The van der Waals surface area contributed by atoms with E-state index in [-0.39, 0.29) is 17.8 Å². The van der Waals surface area contributed by atoms with Crippen molar-refractivity contribution in [3.63, 3.8) is 0 Å². The van der Waals surface area contributed by atoms with Crippen LogP contribution in [0.1, 0.15) is 37.9 Å². The number of hydrogen-bond donors (Lipinski definition) is 1. The second kappa shape index (κ2) is 10.1. The minimum absolute atomic E-state index is 0.0148. The lowest BCUT2D eigenvalue weighted by atomic mass is 10.1. The molecule has 1 amide bonds. The molecule has 4 heterocycles. The number of likely N-dealkylation sites (tertiary alicyclic amines) is 1. The van der Waals surface area contributed by atoms with E-state index in [1.54, 1.807) is 0 Å². The van der Waals surface area contributed by atoms with Gasteiger partial charge in [0.1, 0.15) is 0 Å². The molecular formula is C23H30N6O2S. The first-order valence-corrected chi connectivity index (χ1v) is 12.6. The first kappa shape index (κ1) is 21.6.